The zero-order valence-electron chi connectivity index (χ0n) is 17.6. The maximum atomic E-state index is 12.4. The summed E-state index contributed by atoms with van der Waals surface area (Å²) in [5, 5.41) is 4.72. The Balaban J connectivity index is 1.73. The van der Waals surface area contributed by atoms with Gasteiger partial charge in [0, 0.05) is 21.7 Å². The molecule has 14 heteroatoms. The lowest BCUT2D eigenvalue weighted by Crippen LogP contribution is -2.13. The molecule has 0 atom stereocenters. The molecular formula is C20H16Cl2N4O6S2. The van der Waals surface area contributed by atoms with Crippen LogP contribution < -0.4 is 4.74 Å². The van der Waals surface area contributed by atoms with Gasteiger partial charge < -0.3 is 4.74 Å². The minimum Gasteiger partial charge on any atom is -0.487 e. The molecule has 0 spiro atoms. The Labute approximate surface area is 205 Å². The first-order chi connectivity index (χ1) is 16.0. The van der Waals surface area contributed by atoms with Gasteiger partial charge in [0.2, 0.25) is 0 Å². The van der Waals surface area contributed by atoms with Crippen LogP contribution in [0.3, 0.4) is 0 Å². The number of rotatable bonds is 7. The number of halogens is 2. The number of nitrogens with zero attached hydrogens (tertiary/aromatic N) is 4. The van der Waals surface area contributed by atoms with Crippen molar-refractivity contribution in [1.82, 2.24) is 19.7 Å². The molecule has 34 heavy (non-hydrogen) atoms. The molecule has 2 aromatic heterocycles. The molecule has 0 unspecified atom stereocenters. The molecular weight excluding hydrogens is 527 g/mol. The maximum Gasteiger partial charge on any atom is 0.312 e. The molecule has 0 aliphatic carbocycles. The lowest BCUT2D eigenvalue weighted by atomic mass is 10.1. The van der Waals surface area contributed by atoms with Crippen molar-refractivity contribution in [3.63, 3.8) is 0 Å². The van der Waals surface area contributed by atoms with Gasteiger partial charge in [0.05, 0.1) is 17.0 Å². The number of hydrogen-bond donors (Lipinski definition) is 0. The molecule has 0 aliphatic heterocycles. The highest BCUT2D eigenvalue weighted by atomic mass is 35.5. The van der Waals surface area contributed by atoms with Gasteiger partial charge in [-0.2, -0.15) is 21.9 Å². The Morgan fingerprint density at radius 2 is 1.85 bits per heavy atom. The summed E-state index contributed by atoms with van der Waals surface area (Å²) in [6, 6.07) is 9.47. The number of ether oxygens (including phenoxy) is 1. The second-order valence-electron chi connectivity index (χ2n) is 7.13. The first kappa shape index (κ1) is 24.4. The lowest BCUT2D eigenvalue weighted by Gasteiger charge is -2.15. The Kier molecular flexibility index (Phi) is 6.53. The van der Waals surface area contributed by atoms with Crippen LogP contribution in [0.15, 0.2) is 53.9 Å². The zero-order valence-corrected chi connectivity index (χ0v) is 20.8. The Bertz CT molecular complexity index is 1610. The summed E-state index contributed by atoms with van der Waals surface area (Å²) in [6.07, 6.45) is 3.59. The molecule has 0 N–H and O–H groups in total. The van der Waals surface area contributed by atoms with Crippen molar-refractivity contribution in [2.75, 3.05) is 6.26 Å². The summed E-state index contributed by atoms with van der Waals surface area (Å²) in [7, 11) is -9.01. The normalized spacial score (nSPS) is 12.2. The fraction of sp³-hybridized carbons (Fsp3) is 0.150. The third-order valence-corrected chi connectivity index (χ3v) is 8.06. The third kappa shape index (κ3) is 5.00. The van der Waals surface area contributed by atoms with Crippen molar-refractivity contribution in [3.05, 3.63) is 70.4 Å². The quantitative estimate of drug-likeness (QED) is 0.343. The highest BCUT2D eigenvalue weighted by Crippen LogP contribution is 2.35. The van der Waals surface area contributed by atoms with Gasteiger partial charge >= 0.3 is 10.1 Å². The SMILES string of the molecule is Cc1cc(-n2cncn2)c2cccc(OCc3c(Cl)ccc(S(=O)(=O)OS(C)(=O)=O)c3Cl)c2n1. The number of aromatic nitrogens is 4. The topological polar surface area (TPSA) is 130 Å². The van der Waals surface area contributed by atoms with E-state index in [2.05, 4.69) is 18.7 Å². The Hall–Kier alpha value is -2.77. The van der Waals surface area contributed by atoms with Gasteiger partial charge in [0.15, 0.2) is 0 Å². The van der Waals surface area contributed by atoms with Crippen molar-refractivity contribution < 1.29 is 25.2 Å². The van der Waals surface area contributed by atoms with Gasteiger partial charge in [-0.1, -0.05) is 35.3 Å². The zero-order chi connectivity index (χ0) is 24.7. The Morgan fingerprint density at radius 1 is 1.09 bits per heavy atom. The van der Waals surface area contributed by atoms with E-state index in [4.69, 9.17) is 27.9 Å². The van der Waals surface area contributed by atoms with Crippen molar-refractivity contribution in [1.29, 1.82) is 0 Å². The van der Waals surface area contributed by atoms with Gasteiger partial charge in [-0.15, -0.1) is 3.63 Å². The second kappa shape index (κ2) is 9.12. The van der Waals surface area contributed by atoms with Crippen LogP contribution in [0.1, 0.15) is 11.3 Å². The van der Waals surface area contributed by atoms with E-state index in [1.54, 1.807) is 23.1 Å². The average molecular weight is 543 g/mol. The largest absolute Gasteiger partial charge is 0.487 e. The van der Waals surface area contributed by atoms with E-state index in [9.17, 15) is 16.8 Å². The molecule has 4 aromatic rings. The van der Waals surface area contributed by atoms with E-state index in [0.29, 0.717) is 23.2 Å². The summed E-state index contributed by atoms with van der Waals surface area (Å²) < 4.78 is 59.2. The number of fused-ring (bicyclic) bond motifs is 1. The van der Waals surface area contributed by atoms with Crippen LogP contribution in [0, 0.1) is 6.92 Å². The Morgan fingerprint density at radius 3 is 2.53 bits per heavy atom. The molecule has 4 rings (SSSR count). The number of benzene rings is 2. The van der Waals surface area contributed by atoms with E-state index in [1.807, 2.05) is 19.1 Å². The van der Waals surface area contributed by atoms with Crippen LogP contribution in [0.2, 0.25) is 10.0 Å². The van der Waals surface area contributed by atoms with Crippen LogP contribution >= 0.6 is 23.2 Å². The van der Waals surface area contributed by atoms with Crippen LogP contribution in [0.5, 0.6) is 5.75 Å². The van der Waals surface area contributed by atoms with Gasteiger partial charge in [-0.25, -0.2) is 14.6 Å². The predicted octanol–water partition coefficient (Wildman–Crippen LogP) is 3.67. The van der Waals surface area contributed by atoms with E-state index >= 15 is 0 Å². The van der Waals surface area contributed by atoms with Crippen molar-refractivity contribution in [3.8, 4) is 11.4 Å². The van der Waals surface area contributed by atoms with Crippen LogP contribution in [-0.2, 0) is 30.5 Å². The molecule has 0 saturated carbocycles. The van der Waals surface area contributed by atoms with E-state index in [1.165, 1.54) is 12.4 Å². The summed E-state index contributed by atoms with van der Waals surface area (Å²) in [6.45, 7) is 1.59. The summed E-state index contributed by atoms with van der Waals surface area (Å²) >= 11 is 12.5. The molecule has 2 heterocycles. The molecule has 0 radical (unpaired) electrons. The second-order valence-corrected chi connectivity index (χ2v) is 11.2. The number of aryl methyl sites for hydroxylation is 1. The van der Waals surface area contributed by atoms with E-state index < -0.39 is 25.1 Å². The summed E-state index contributed by atoms with van der Waals surface area (Å²) in [5.74, 6) is 0.385. The monoisotopic (exact) mass is 542 g/mol. The first-order valence-electron chi connectivity index (χ1n) is 9.47. The van der Waals surface area contributed by atoms with Crippen LogP contribution in [0.4, 0.5) is 0 Å². The molecule has 0 aliphatic rings. The smallest absolute Gasteiger partial charge is 0.312 e. The fourth-order valence-corrected chi connectivity index (χ4v) is 6.15. The molecule has 0 fully saturated rings. The van der Waals surface area contributed by atoms with E-state index in [0.717, 1.165) is 17.1 Å². The summed E-state index contributed by atoms with van der Waals surface area (Å²) in [5.41, 5.74) is 2.11. The lowest BCUT2D eigenvalue weighted by molar-refractivity contribution is 0.309. The highest BCUT2D eigenvalue weighted by Gasteiger charge is 2.27. The molecule has 10 nitrogen and oxygen atoms in total. The van der Waals surface area contributed by atoms with Gasteiger partial charge in [-0.3, -0.25) is 0 Å². The molecule has 0 bridgehead atoms. The molecule has 178 valence electrons. The minimum atomic E-state index is -4.70. The third-order valence-electron chi connectivity index (χ3n) is 4.58. The molecule has 2 aromatic carbocycles. The highest BCUT2D eigenvalue weighted by molar-refractivity contribution is 7.99. The summed E-state index contributed by atoms with van der Waals surface area (Å²) in [4.78, 5) is 7.99. The molecule has 0 amide bonds. The molecule has 0 saturated heterocycles. The van der Waals surface area contributed by atoms with E-state index in [-0.39, 0.29) is 22.2 Å². The van der Waals surface area contributed by atoms with Crippen molar-refractivity contribution >= 4 is 54.3 Å². The minimum absolute atomic E-state index is 0.121. The van der Waals surface area contributed by atoms with Gasteiger partial charge in [-0.05, 0) is 31.2 Å². The van der Waals surface area contributed by atoms with Gasteiger partial charge in [0.25, 0.3) is 10.1 Å². The maximum absolute atomic E-state index is 12.4. The standard InChI is InChI=1S/C20H16Cl2N4O6S2/c1-12-8-16(26-11-23-10-24-26)13-4-3-5-17(20(13)25-12)31-9-14-15(21)6-7-18(19(14)22)34(29,30)32-33(2,27)28/h3-8,10-11H,9H2,1-2H3. The number of hydrogen-bond acceptors (Lipinski definition) is 9. The van der Waals surface area contributed by atoms with Crippen LogP contribution in [0.25, 0.3) is 16.6 Å². The first-order valence-corrected chi connectivity index (χ1v) is 13.5. The number of para-hydroxylation sites is 1. The van der Waals surface area contributed by atoms with Crippen molar-refractivity contribution in [2.45, 2.75) is 18.4 Å². The average Bonchev–Trinajstić information content (AvgIpc) is 3.26. The fourth-order valence-electron chi connectivity index (χ4n) is 3.22. The van der Waals surface area contributed by atoms with Crippen LogP contribution in [-0.4, -0.2) is 42.8 Å². The van der Waals surface area contributed by atoms with Crippen molar-refractivity contribution in [2.24, 2.45) is 0 Å². The predicted molar refractivity (Wildman–Crippen MR) is 125 cm³/mol. The van der Waals surface area contributed by atoms with Gasteiger partial charge in [0.1, 0.15) is 35.4 Å². The number of pyridine rings is 1.